The minimum atomic E-state index is -0.228. The highest BCUT2D eigenvalue weighted by molar-refractivity contribution is 9.10. The molecule has 0 aliphatic carbocycles. The quantitative estimate of drug-likeness (QED) is 0.854. The van der Waals surface area contributed by atoms with E-state index in [2.05, 4.69) is 25.8 Å². The third kappa shape index (κ3) is 3.69. The fourth-order valence-corrected chi connectivity index (χ4v) is 3.40. The third-order valence-corrected chi connectivity index (χ3v) is 5.30. The number of hydrogen-bond acceptors (Lipinski definition) is 4. The summed E-state index contributed by atoms with van der Waals surface area (Å²) < 4.78 is 6.30. The van der Waals surface area contributed by atoms with Crippen molar-refractivity contribution in [1.82, 2.24) is 9.88 Å². The highest BCUT2D eigenvalue weighted by Crippen LogP contribution is 2.34. The Morgan fingerprint density at radius 3 is 2.91 bits per heavy atom. The van der Waals surface area contributed by atoms with Crippen LogP contribution in [0.15, 0.2) is 34.8 Å². The standard InChI is InChI=1S/C17H18BrClN2O2/c1-23-17-11(9-21-8-7-12(22)10-21)5-6-15(20-17)13-3-2-4-14(18)16(13)19/h2-6,12,22H,7-10H2,1H3/t12-/m0/s1. The first-order valence-corrected chi connectivity index (χ1v) is 8.64. The van der Waals surface area contributed by atoms with Crippen LogP contribution in [0.1, 0.15) is 12.0 Å². The molecule has 0 amide bonds. The Balaban J connectivity index is 1.89. The van der Waals surface area contributed by atoms with Crippen LogP contribution in [0.4, 0.5) is 0 Å². The van der Waals surface area contributed by atoms with E-state index in [1.165, 1.54) is 0 Å². The smallest absolute Gasteiger partial charge is 0.218 e. The van der Waals surface area contributed by atoms with E-state index in [-0.39, 0.29) is 6.10 Å². The third-order valence-electron chi connectivity index (χ3n) is 4.00. The lowest BCUT2D eigenvalue weighted by Crippen LogP contribution is -2.22. The molecule has 23 heavy (non-hydrogen) atoms. The van der Waals surface area contributed by atoms with Gasteiger partial charge in [-0.05, 0) is 34.5 Å². The molecule has 1 aliphatic heterocycles. The number of β-amino-alcohol motifs (C(OH)–C–C–N with tert-alkyl or cyclic N) is 1. The number of aliphatic hydroxyl groups excluding tert-OH is 1. The Morgan fingerprint density at radius 1 is 1.39 bits per heavy atom. The van der Waals surface area contributed by atoms with Crippen molar-refractivity contribution in [3.8, 4) is 17.1 Å². The predicted octanol–water partition coefficient (Wildman–Crippen LogP) is 3.74. The minimum absolute atomic E-state index is 0.228. The minimum Gasteiger partial charge on any atom is -0.481 e. The molecule has 2 heterocycles. The average molecular weight is 398 g/mol. The number of likely N-dealkylation sites (tertiary alicyclic amines) is 1. The van der Waals surface area contributed by atoms with Crippen molar-refractivity contribution >= 4 is 27.5 Å². The maximum Gasteiger partial charge on any atom is 0.218 e. The van der Waals surface area contributed by atoms with Crippen LogP contribution < -0.4 is 4.74 Å². The van der Waals surface area contributed by atoms with Crippen molar-refractivity contribution in [2.45, 2.75) is 19.1 Å². The van der Waals surface area contributed by atoms with E-state index >= 15 is 0 Å². The van der Waals surface area contributed by atoms with E-state index in [0.29, 0.717) is 17.4 Å². The molecule has 1 fully saturated rings. The topological polar surface area (TPSA) is 45.6 Å². The van der Waals surface area contributed by atoms with Crippen LogP contribution in [0.25, 0.3) is 11.3 Å². The Kier molecular flexibility index (Phi) is 5.21. The summed E-state index contributed by atoms with van der Waals surface area (Å²) in [6.45, 7) is 2.31. The molecule has 1 saturated heterocycles. The van der Waals surface area contributed by atoms with Crippen molar-refractivity contribution in [2.75, 3.05) is 20.2 Å². The molecular formula is C17H18BrClN2O2. The second-order valence-electron chi connectivity index (χ2n) is 5.64. The maximum absolute atomic E-state index is 9.65. The summed E-state index contributed by atoms with van der Waals surface area (Å²) in [7, 11) is 1.62. The first kappa shape index (κ1) is 16.7. The summed E-state index contributed by atoms with van der Waals surface area (Å²) in [6.07, 6.45) is 0.593. The fraction of sp³-hybridized carbons (Fsp3) is 0.353. The summed E-state index contributed by atoms with van der Waals surface area (Å²) in [5.74, 6) is 0.597. The Hall–Kier alpha value is -1.14. The van der Waals surface area contributed by atoms with Crippen LogP contribution in [-0.4, -0.2) is 41.3 Å². The largest absolute Gasteiger partial charge is 0.481 e. The van der Waals surface area contributed by atoms with Gasteiger partial charge in [0.2, 0.25) is 5.88 Å². The molecule has 1 aromatic carbocycles. The molecule has 0 saturated carbocycles. The number of aromatic nitrogens is 1. The number of pyridine rings is 1. The molecule has 0 bridgehead atoms. The summed E-state index contributed by atoms with van der Waals surface area (Å²) >= 11 is 9.79. The van der Waals surface area contributed by atoms with Crippen LogP contribution >= 0.6 is 27.5 Å². The van der Waals surface area contributed by atoms with Gasteiger partial charge in [-0.2, -0.15) is 0 Å². The first-order chi connectivity index (χ1) is 11.1. The number of hydrogen-bond donors (Lipinski definition) is 1. The second-order valence-corrected chi connectivity index (χ2v) is 6.88. The molecule has 3 rings (SSSR count). The van der Waals surface area contributed by atoms with Gasteiger partial charge in [0.1, 0.15) is 0 Å². The molecule has 0 unspecified atom stereocenters. The number of benzene rings is 1. The zero-order valence-electron chi connectivity index (χ0n) is 12.8. The molecule has 6 heteroatoms. The lowest BCUT2D eigenvalue weighted by atomic mass is 10.1. The zero-order chi connectivity index (χ0) is 16.4. The molecular weight excluding hydrogens is 380 g/mol. The number of methoxy groups -OCH3 is 1. The number of nitrogens with zero attached hydrogens (tertiary/aromatic N) is 2. The van der Waals surface area contributed by atoms with E-state index in [9.17, 15) is 5.11 Å². The number of ether oxygens (including phenoxy) is 1. The molecule has 1 aliphatic rings. The van der Waals surface area contributed by atoms with Gasteiger partial charge in [-0.15, -0.1) is 0 Å². The van der Waals surface area contributed by atoms with Crippen molar-refractivity contribution in [1.29, 1.82) is 0 Å². The van der Waals surface area contributed by atoms with Crippen molar-refractivity contribution in [2.24, 2.45) is 0 Å². The molecule has 0 spiro atoms. The van der Waals surface area contributed by atoms with Crippen molar-refractivity contribution in [3.63, 3.8) is 0 Å². The first-order valence-electron chi connectivity index (χ1n) is 7.47. The molecule has 122 valence electrons. The molecule has 1 N–H and O–H groups in total. The van der Waals surface area contributed by atoms with E-state index in [1.807, 2.05) is 30.3 Å². The van der Waals surface area contributed by atoms with E-state index in [0.717, 1.165) is 40.8 Å². The lowest BCUT2D eigenvalue weighted by Gasteiger charge is -2.17. The van der Waals surface area contributed by atoms with Gasteiger partial charge in [0.15, 0.2) is 0 Å². The fourth-order valence-electron chi connectivity index (χ4n) is 2.81. The van der Waals surface area contributed by atoms with Crippen molar-refractivity contribution in [3.05, 3.63) is 45.4 Å². The predicted molar refractivity (Wildman–Crippen MR) is 94.8 cm³/mol. The van der Waals surface area contributed by atoms with Gasteiger partial charge in [-0.25, -0.2) is 4.98 Å². The van der Waals surface area contributed by atoms with Gasteiger partial charge in [0.05, 0.1) is 23.9 Å². The van der Waals surface area contributed by atoms with Crippen LogP contribution in [0, 0.1) is 0 Å². The lowest BCUT2D eigenvalue weighted by molar-refractivity contribution is 0.174. The molecule has 4 nitrogen and oxygen atoms in total. The Labute approximate surface area is 149 Å². The molecule has 1 atom stereocenters. The van der Waals surface area contributed by atoms with Crippen LogP contribution in [-0.2, 0) is 6.54 Å². The van der Waals surface area contributed by atoms with E-state index in [1.54, 1.807) is 7.11 Å². The van der Waals surface area contributed by atoms with E-state index in [4.69, 9.17) is 16.3 Å². The van der Waals surface area contributed by atoms with Crippen LogP contribution in [0.5, 0.6) is 5.88 Å². The van der Waals surface area contributed by atoms with Gasteiger partial charge < -0.3 is 9.84 Å². The molecule has 0 radical (unpaired) electrons. The molecule has 1 aromatic heterocycles. The summed E-state index contributed by atoms with van der Waals surface area (Å²) in [6, 6.07) is 9.74. The van der Waals surface area contributed by atoms with Gasteiger partial charge in [-0.1, -0.05) is 29.8 Å². The monoisotopic (exact) mass is 396 g/mol. The van der Waals surface area contributed by atoms with Crippen LogP contribution in [0.3, 0.4) is 0 Å². The van der Waals surface area contributed by atoms with Gasteiger partial charge >= 0.3 is 0 Å². The Bertz CT molecular complexity index is 711. The number of aliphatic hydroxyl groups is 1. The van der Waals surface area contributed by atoms with Gasteiger partial charge in [0, 0.05) is 35.2 Å². The summed E-state index contributed by atoms with van der Waals surface area (Å²) in [5.41, 5.74) is 2.65. The SMILES string of the molecule is COc1nc(-c2cccc(Br)c2Cl)ccc1CN1CC[C@H](O)C1. The van der Waals surface area contributed by atoms with E-state index < -0.39 is 0 Å². The number of halogens is 2. The number of rotatable bonds is 4. The summed E-state index contributed by atoms with van der Waals surface area (Å²) in [4.78, 5) is 6.81. The van der Waals surface area contributed by atoms with Crippen molar-refractivity contribution < 1.29 is 9.84 Å². The Morgan fingerprint density at radius 2 is 2.22 bits per heavy atom. The van der Waals surface area contributed by atoms with Crippen LogP contribution in [0.2, 0.25) is 5.02 Å². The molecule has 2 aromatic rings. The van der Waals surface area contributed by atoms with Gasteiger partial charge in [0.25, 0.3) is 0 Å². The summed E-state index contributed by atoms with van der Waals surface area (Å²) in [5, 5.41) is 10.3. The maximum atomic E-state index is 9.65. The van der Waals surface area contributed by atoms with Gasteiger partial charge in [-0.3, -0.25) is 4.90 Å². The second kappa shape index (κ2) is 7.18. The zero-order valence-corrected chi connectivity index (χ0v) is 15.1. The average Bonchev–Trinajstić information content (AvgIpc) is 2.95. The highest BCUT2D eigenvalue weighted by atomic mass is 79.9. The highest BCUT2D eigenvalue weighted by Gasteiger charge is 2.21. The normalized spacial score (nSPS) is 18.3.